The first-order valence-electron chi connectivity index (χ1n) is 0.428. The average molecular weight is 137 g/mol. The Bertz CT molecular complexity index is 33.1. The van der Waals surface area contributed by atoms with Crippen molar-refractivity contribution in [2.24, 2.45) is 0 Å². The molecule has 24 valence electrons. The van der Waals surface area contributed by atoms with Crippen LogP contribution in [0.2, 0.25) is 0 Å². The fourth-order valence-corrected chi connectivity index (χ4v) is 0. The van der Waals surface area contributed by atoms with Crippen LogP contribution in [0.25, 0.3) is 0 Å². The molecule has 0 saturated carbocycles. The molecule has 4 heteroatoms. The molecule has 5 heavy (non-hydrogen) atoms. The zero-order valence-corrected chi connectivity index (χ0v) is 6.94. The smallest absolute Gasteiger partial charge is 0.812 e. The van der Waals surface area contributed by atoms with Gasteiger partial charge in [0.25, 0.3) is 0 Å². The summed E-state index contributed by atoms with van der Waals surface area (Å²) in [7, 11) is 0. The molecule has 0 aromatic carbocycles. The van der Waals surface area contributed by atoms with Crippen LogP contribution in [-0.2, 0) is 17.1 Å². The van der Waals surface area contributed by atoms with Gasteiger partial charge < -0.3 is 5.11 Å². The van der Waals surface area contributed by atoms with Crippen LogP contribution in [0.4, 0.5) is 0 Å². The Labute approximate surface area is 83.4 Å². The van der Waals surface area contributed by atoms with E-state index >= 15 is 0 Å². The Hall–Kier alpha value is 1.45. The molecule has 0 fully saturated rings. The second kappa shape index (κ2) is 18.0. The van der Waals surface area contributed by atoms with Crippen LogP contribution in [0.5, 0.6) is 0 Å². The van der Waals surface area contributed by atoms with E-state index in [0.717, 1.165) is 0 Å². The predicted molar refractivity (Wildman–Crippen MR) is 5.61 cm³/mol. The van der Waals surface area contributed by atoms with Gasteiger partial charge in [0.1, 0.15) is 0 Å². The molecule has 0 rings (SSSR count). The van der Waals surface area contributed by atoms with Gasteiger partial charge in [-0.2, -0.15) is 0 Å². The van der Waals surface area contributed by atoms with Crippen molar-refractivity contribution < 1.29 is 73.6 Å². The maximum Gasteiger partial charge on any atom is 1.00 e. The maximum atomic E-state index is 8.24. The van der Waals surface area contributed by atoms with Crippen LogP contribution in [-0.4, -0.2) is 0 Å². The summed E-state index contributed by atoms with van der Waals surface area (Å²) >= 11 is 0. The van der Waals surface area contributed by atoms with E-state index in [2.05, 4.69) is 0 Å². The third-order valence-electron chi connectivity index (χ3n) is 0. The van der Waals surface area contributed by atoms with Crippen molar-refractivity contribution in [1.29, 1.82) is 5.26 Å². The number of rotatable bonds is 0. The molecule has 0 unspecified atom stereocenters. The van der Waals surface area contributed by atoms with E-state index in [1.807, 2.05) is 0 Å². The van der Waals surface area contributed by atoms with Crippen LogP contribution >= 0.6 is 0 Å². The van der Waals surface area contributed by atoms with Gasteiger partial charge in [-0.15, -0.1) is 0 Å². The van der Waals surface area contributed by atoms with Gasteiger partial charge in [0.15, 0.2) is 0 Å². The molecule has 0 amide bonds. The Kier molecular flexibility index (Phi) is 57.9. The van der Waals surface area contributed by atoms with Crippen molar-refractivity contribution in [3.8, 4) is 6.26 Å². The van der Waals surface area contributed by atoms with E-state index in [-0.39, 0.29) is 68.5 Å². The Balaban J connectivity index is -0.0000000200. The second-order valence-corrected chi connectivity index (χ2v) is 0.0913. The van der Waals surface area contributed by atoms with Gasteiger partial charge in [-0.1, -0.05) is 0 Å². The molecule has 0 bridgehead atoms. The molecule has 0 aliphatic heterocycles. The van der Waals surface area contributed by atoms with E-state index in [1.54, 1.807) is 0 Å². The van der Waals surface area contributed by atoms with Gasteiger partial charge in [0.2, 0.25) is 0 Å². The molecule has 0 aliphatic carbocycles. The molecule has 0 aliphatic rings. The molecule has 2 nitrogen and oxygen atoms in total. The fraction of sp³-hybridized carbons (Fsp3) is 0. The number of hydrogen-bond donors (Lipinski definition) is 0. The SMILES string of the molecule is N#C[O-].[Fe].[K+]. The van der Waals surface area contributed by atoms with Crippen molar-refractivity contribution in [1.82, 2.24) is 0 Å². The van der Waals surface area contributed by atoms with Crippen LogP contribution in [0, 0.1) is 11.5 Å². The summed E-state index contributed by atoms with van der Waals surface area (Å²) in [4.78, 5) is 0. The third kappa shape index (κ3) is 30.9. The molecule has 0 atom stereocenters. The third-order valence-corrected chi connectivity index (χ3v) is 0. The molecule has 0 spiro atoms. The normalized spacial score (nSPS) is 1.40. The van der Waals surface area contributed by atoms with Gasteiger partial charge in [0.05, 0.1) is 0 Å². The zero-order chi connectivity index (χ0) is 2.71. The summed E-state index contributed by atoms with van der Waals surface area (Å²) in [5, 5.41) is 15.0. The average Bonchev–Trinajstić information content (AvgIpc) is 0.918. The zero-order valence-electron chi connectivity index (χ0n) is 2.71. The van der Waals surface area contributed by atoms with Crippen LogP contribution in [0.1, 0.15) is 0 Å². The van der Waals surface area contributed by atoms with Crippen molar-refractivity contribution in [2.45, 2.75) is 0 Å². The van der Waals surface area contributed by atoms with E-state index in [4.69, 9.17) is 10.4 Å². The largest absolute Gasteiger partial charge is 1.00 e. The van der Waals surface area contributed by atoms with Gasteiger partial charge in [0, 0.05) is 23.3 Å². The molecule has 0 saturated heterocycles. The monoisotopic (exact) mass is 137 g/mol. The first kappa shape index (κ1) is 16.1. The summed E-state index contributed by atoms with van der Waals surface area (Å²) in [6, 6.07) is 0. The van der Waals surface area contributed by atoms with Crippen LogP contribution in [0.3, 0.4) is 0 Å². The van der Waals surface area contributed by atoms with Gasteiger partial charge >= 0.3 is 51.4 Å². The molecular formula is CFeKNO. The standard InChI is InChI=1S/CHNO.Fe.K/c2-1-3;;/h3H;;/q;;+1/p-1. The predicted octanol–water partition coefficient (Wildman–Crippen LogP) is -4.17. The Morgan fingerprint density at radius 1 is 1.60 bits per heavy atom. The molecule has 0 aromatic heterocycles. The molecule has 0 radical (unpaired) electrons. The van der Waals surface area contributed by atoms with E-state index in [0.29, 0.717) is 6.26 Å². The number of nitriles is 1. The minimum atomic E-state index is 0. The number of hydrogen-bond acceptors (Lipinski definition) is 2. The van der Waals surface area contributed by atoms with E-state index in [1.165, 1.54) is 0 Å². The van der Waals surface area contributed by atoms with E-state index < -0.39 is 0 Å². The number of nitrogens with zero attached hydrogens (tertiary/aromatic N) is 1. The summed E-state index contributed by atoms with van der Waals surface area (Å²) in [5.41, 5.74) is 0. The van der Waals surface area contributed by atoms with Gasteiger partial charge in [-0.25, -0.2) is 5.26 Å². The van der Waals surface area contributed by atoms with Gasteiger partial charge in [-0.3, -0.25) is 0 Å². The van der Waals surface area contributed by atoms with Crippen LogP contribution in [0.15, 0.2) is 0 Å². The Morgan fingerprint density at radius 3 is 1.60 bits per heavy atom. The first-order chi connectivity index (χ1) is 1.41. The minimum Gasteiger partial charge on any atom is -0.812 e. The minimum absolute atomic E-state index is 0. The Morgan fingerprint density at radius 2 is 1.60 bits per heavy atom. The van der Waals surface area contributed by atoms with Crippen molar-refractivity contribution >= 4 is 0 Å². The molecule has 0 N–H and O–H groups in total. The summed E-state index contributed by atoms with van der Waals surface area (Å²) in [5.74, 6) is 0. The first-order valence-corrected chi connectivity index (χ1v) is 0.428. The molecule has 0 aromatic rings. The summed E-state index contributed by atoms with van der Waals surface area (Å²) in [6.45, 7) is 0. The molecule has 0 heterocycles. The summed E-state index contributed by atoms with van der Waals surface area (Å²) < 4.78 is 0. The van der Waals surface area contributed by atoms with Gasteiger partial charge in [-0.05, 0) is 0 Å². The van der Waals surface area contributed by atoms with Crippen molar-refractivity contribution in [3.63, 3.8) is 0 Å². The molecular weight excluding hydrogens is 137 g/mol. The second-order valence-electron chi connectivity index (χ2n) is 0.0913. The summed E-state index contributed by atoms with van der Waals surface area (Å²) in [6.07, 6.45) is 0.500. The maximum absolute atomic E-state index is 8.24. The quantitative estimate of drug-likeness (QED) is 0.251. The van der Waals surface area contributed by atoms with Crippen LogP contribution < -0.4 is 56.5 Å². The topological polar surface area (TPSA) is 46.8 Å². The van der Waals surface area contributed by atoms with Crippen molar-refractivity contribution in [2.75, 3.05) is 0 Å². The van der Waals surface area contributed by atoms with E-state index in [9.17, 15) is 0 Å². The fourth-order valence-electron chi connectivity index (χ4n) is 0. The van der Waals surface area contributed by atoms with Crippen molar-refractivity contribution in [3.05, 3.63) is 0 Å².